The van der Waals surface area contributed by atoms with Crippen molar-refractivity contribution < 1.29 is 0 Å². The zero-order chi connectivity index (χ0) is 12.3. The van der Waals surface area contributed by atoms with E-state index < -0.39 is 0 Å². The first-order chi connectivity index (χ1) is 8.24. The average molecular weight is 236 g/mol. The van der Waals surface area contributed by atoms with Crippen LogP contribution in [-0.4, -0.2) is 15.0 Å². The molecule has 1 fully saturated rings. The van der Waals surface area contributed by atoms with E-state index in [2.05, 4.69) is 28.8 Å². The number of rotatable bonds is 3. The van der Waals surface area contributed by atoms with E-state index in [0.717, 1.165) is 11.4 Å². The minimum atomic E-state index is 0.410. The highest BCUT2D eigenvalue weighted by Gasteiger charge is 2.21. The minimum Gasteiger partial charge on any atom is -0.325 e. The maximum absolute atomic E-state index is 5.88. The van der Waals surface area contributed by atoms with Gasteiger partial charge in [-0.25, -0.2) is 4.68 Å². The van der Waals surface area contributed by atoms with E-state index in [-0.39, 0.29) is 0 Å². The number of aromatic nitrogens is 3. The Labute approximate surface area is 104 Å². The lowest BCUT2D eigenvalue weighted by atomic mass is 10.1. The summed E-state index contributed by atoms with van der Waals surface area (Å²) in [7, 11) is 0. The molecule has 1 aliphatic rings. The van der Waals surface area contributed by atoms with Gasteiger partial charge in [0.15, 0.2) is 0 Å². The minimum absolute atomic E-state index is 0.410. The summed E-state index contributed by atoms with van der Waals surface area (Å²) < 4.78 is 2.11. The number of hydrogen-bond acceptors (Lipinski definition) is 3. The molecule has 1 aromatic rings. The Morgan fingerprint density at radius 3 is 2.41 bits per heavy atom. The van der Waals surface area contributed by atoms with E-state index in [1.54, 1.807) is 0 Å². The maximum atomic E-state index is 5.88. The van der Waals surface area contributed by atoms with Crippen molar-refractivity contribution in [2.45, 2.75) is 70.9 Å². The first-order valence-electron chi connectivity index (χ1n) is 6.88. The van der Waals surface area contributed by atoms with E-state index >= 15 is 0 Å². The molecule has 0 amide bonds. The lowest BCUT2D eigenvalue weighted by Gasteiger charge is -2.17. The summed E-state index contributed by atoms with van der Waals surface area (Å²) >= 11 is 0. The van der Waals surface area contributed by atoms with Gasteiger partial charge in [-0.15, -0.1) is 5.10 Å². The molecule has 0 aliphatic heterocycles. The van der Waals surface area contributed by atoms with Crippen LogP contribution in [0.15, 0.2) is 0 Å². The summed E-state index contributed by atoms with van der Waals surface area (Å²) in [4.78, 5) is 0. The Morgan fingerprint density at radius 1 is 1.24 bits per heavy atom. The lowest BCUT2D eigenvalue weighted by Crippen LogP contribution is -2.16. The van der Waals surface area contributed by atoms with Gasteiger partial charge in [0, 0.05) is 6.54 Å². The molecule has 0 bridgehead atoms. The first-order valence-corrected chi connectivity index (χ1v) is 6.88. The maximum Gasteiger partial charge on any atom is 0.0897 e. The second-order valence-electron chi connectivity index (χ2n) is 5.37. The fourth-order valence-corrected chi connectivity index (χ4v) is 2.77. The van der Waals surface area contributed by atoms with Gasteiger partial charge >= 0.3 is 0 Å². The molecule has 1 heterocycles. The summed E-state index contributed by atoms with van der Waals surface area (Å²) in [5, 5.41) is 8.69. The van der Waals surface area contributed by atoms with Crippen LogP contribution in [0, 0.1) is 0 Å². The van der Waals surface area contributed by atoms with Gasteiger partial charge in [0.1, 0.15) is 0 Å². The molecule has 0 unspecified atom stereocenters. The summed E-state index contributed by atoms with van der Waals surface area (Å²) in [5.41, 5.74) is 8.10. The van der Waals surface area contributed by atoms with Gasteiger partial charge in [0.05, 0.1) is 17.4 Å². The van der Waals surface area contributed by atoms with Crippen molar-refractivity contribution >= 4 is 0 Å². The van der Waals surface area contributed by atoms with Crippen LogP contribution in [0.3, 0.4) is 0 Å². The van der Waals surface area contributed by atoms with Crippen molar-refractivity contribution in [2.75, 3.05) is 0 Å². The van der Waals surface area contributed by atoms with Gasteiger partial charge in [-0.1, -0.05) is 44.7 Å². The molecular formula is C13H24N4. The van der Waals surface area contributed by atoms with Gasteiger partial charge in [-0.05, 0) is 18.8 Å². The molecule has 0 spiro atoms. The molecule has 2 N–H and O–H groups in total. The molecule has 0 atom stereocenters. The molecule has 0 aromatic carbocycles. The standard InChI is InChI=1S/C13H24N4/c1-10(2)13-12(9-14)17(16-15-13)11-7-5-3-4-6-8-11/h10-11H,3-9,14H2,1-2H3. The molecule has 17 heavy (non-hydrogen) atoms. The van der Waals surface area contributed by atoms with Gasteiger partial charge in [0.2, 0.25) is 0 Å². The van der Waals surface area contributed by atoms with Crippen molar-refractivity contribution in [3.8, 4) is 0 Å². The van der Waals surface area contributed by atoms with Crippen LogP contribution < -0.4 is 5.73 Å². The second kappa shape index (κ2) is 5.63. The SMILES string of the molecule is CC(C)c1nnn(C2CCCCCC2)c1CN. The van der Waals surface area contributed by atoms with Crippen LogP contribution >= 0.6 is 0 Å². The monoisotopic (exact) mass is 236 g/mol. The predicted molar refractivity (Wildman–Crippen MR) is 68.7 cm³/mol. The molecule has 1 aromatic heterocycles. The van der Waals surface area contributed by atoms with Crippen LogP contribution in [0.2, 0.25) is 0 Å². The number of nitrogens with zero attached hydrogens (tertiary/aromatic N) is 3. The molecule has 0 saturated heterocycles. The van der Waals surface area contributed by atoms with E-state index in [1.165, 1.54) is 38.5 Å². The highest BCUT2D eigenvalue weighted by Crippen LogP contribution is 2.29. The van der Waals surface area contributed by atoms with E-state index in [9.17, 15) is 0 Å². The zero-order valence-electron chi connectivity index (χ0n) is 11.0. The highest BCUT2D eigenvalue weighted by molar-refractivity contribution is 5.14. The molecule has 4 nitrogen and oxygen atoms in total. The van der Waals surface area contributed by atoms with Gasteiger partial charge in [-0.3, -0.25) is 0 Å². The van der Waals surface area contributed by atoms with Crippen molar-refractivity contribution in [3.63, 3.8) is 0 Å². The predicted octanol–water partition coefficient (Wildman–Crippen LogP) is 2.76. The van der Waals surface area contributed by atoms with Gasteiger partial charge in [0.25, 0.3) is 0 Å². The third kappa shape index (κ3) is 2.68. The van der Waals surface area contributed by atoms with Gasteiger partial charge in [-0.2, -0.15) is 0 Å². The normalized spacial score (nSPS) is 18.6. The quantitative estimate of drug-likeness (QED) is 0.821. The van der Waals surface area contributed by atoms with Gasteiger partial charge < -0.3 is 5.73 Å². The number of nitrogens with two attached hydrogens (primary N) is 1. The van der Waals surface area contributed by atoms with Crippen LogP contribution in [0.4, 0.5) is 0 Å². The molecule has 2 rings (SSSR count). The van der Waals surface area contributed by atoms with Crippen LogP contribution in [-0.2, 0) is 6.54 Å². The largest absolute Gasteiger partial charge is 0.325 e. The number of hydrogen-bond donors (Lipinski definition) is 1. The summed E-state index contributed by atoms with van der Waals surface area (Å²) in [6.45, 7) is 4.86. The first kappa shape index (κ1) is 12.6. The third-order valence-corrected chi connectivity index (χ3v) is 3.73. The topological polar surface area (TPSA) is 56.7 Å². The van der Waals surface area contributed by atoms with E-state index in [0.29, 0.717) is 18.5 Å². The van der Waals surface area contributed by atoms with Crippen molar-refractivity contribution in [1.29, 1.82) is 0 Å². The van der Waals surface area contributed by atoms with Crippen LogP contribution in [0.5, 0.6) is 0 Å². The zero-order valence-corrected chi connectivity index (χ0v) is 11.0. The van der Waals surface area contributed by atoms with E-state index in [1.807, 2.05) is 0 Å². The Hall–Kier alpha value is -0.900. The molecule has 96 valence electrons. The summed E-state index contributed by atoms with van der Waals surface area (Å²) in [6.07, 6.45) is 7.80. The molecule has 4 heteroatoms. The molecule has 1 saturated carbocycles. The highest BCUT2D eigenvalue weighted by atomic mass is 15.4. The Morgan fingerprint density at radius 2 is 1.88 bits per heavy atom. The molecule has 1 aliphatic carbocycles. The Kier molecular flexibility index (Phi) is 4.15. The van der Waals surface area contributed by atoms with Crippen molar-refractivity contribution in [2.24, 2.45) is 5.73 Å². The molecular weight excluding hydrogens is 212 g/mol. The van der Waals surface area contributed by atoms with Crippen molar-refractivity contribution in [3.05, 3.63) is 11.4 Å². The Balaban J connectivity index is 2.24. The van der Waals surface area contributed by atoms with Crippen LogP contribution in [0.25, 0.3) is 0 Å². The van der Waals surface area contributed by atoms with Crippen LogP contribution in [0.1, 0.15) is 75.7 Å². The third-order valence-electron chi connectivity index (χ3n) is 3.73. The second-order valence-corrected chi connectivity index (χ2v) is 5.37. The summed E-state index contributed by atoms with van der Waals surface area (Å²) in [5.74, 6) is 0.410. The fraction of sp³-hybridized carbons (Fsp3) is 0.846. The smallest absolute Gasteiger partial charge is 0.0897 e. The lowest BCUT2D eigenvalue weighted by molar-refractivity contribution is 0.385. The summed E-state index contributed by atoms with van der Waals surface area (Å²) in [6, 6.07) is 0.524. The van der Waals surface area contributed by atoms with Crippen molar-refractivity contribution in [1.82, 2.24) is 15.0 Å². The molecule has 0 radical (unpaired) electrons. The van der Waals surface area contributed by atoms with E-state index in [4.69, 9.17) is 5.73 Å². The fourth-order valence-electron chi connectivity index (χ4n) is 2.77. The average Bonchev–Trinajstić information content (AvgIpc) is 2.56. The Bertz CT molecular complexity index is 348.